The number of halogens is 2. The number of aromatic nitrogens is 2. The van der Waals surface area contributed by atoms with Crippen molar-refractivity contribution in [1.82, 2.24) is 10.2 Å². The molecular formula is C27H22F2N4O3. The summed E-state index contributed by atoms with van der Waals surface area (Å²) in [5.74, 6) is -2.02. The smallest absolute Gasteiger partial charge is 0.313 e. The van der Waals surface area contributed by atoms with Gasteiger partial charge in [-0.15, -0.1) is 5.10 Å². The van der Waals surface area contributed by atoms with Crippen LogP contribution >= 0.6 is 0 Å². The standard InChI is InChI=1S/C27H22F2N4O3/c1-13-11-17(25-18(12-13)23(34)14(2)24(35-25)16-7-5-4-6-8-16)15(3)31-20-10-9-19(28)22(29)21(20)26-32-33-27(30)36-26/h4-12,15,31H,1-3H3,(H2,30,33)/t15-/m1/s1. The lowest BCUT2D eigenvalue weighted by atomic mass is 9.98. The third-order valence-electron chi connectivity index (χ3n) is 6.02. The quantitative estimate of drug-likeness (QED) is 0.305. The fourth-order valence-corrected chi connectivity index (χ4v) is 4.28. The van der Waals surface area contributed by atoms with Crippen molar-refractivity contribution in [2.75, 3.05) is 11.1 Å². The number of benzene rings is 3. The number of rotatable bonds is 5. The molecule has 36 heavy (non-hydrogen) atoms. The Morgan fingerprint density at radius 3 is 2.44 bits per heavy atom. The Hall–Kier alpha value is -4.53. The van der Waals surface area contributed by atoms with Crippen LogP contribution in [0.3, 0.4) is 0 Å². The number of nitrogen functional groups attached to an aromatic ring is 1. The molecule has 3 aromatic carbocycles. The highest BCUT2D eigenvalue weighted by Crippen LogP contribution is 2.36. The lowest BCUT2D eigenvalue weighted by molar-refractivity contribution is 0.504. The maximum atomic E-state index is 14.8. The van der Waals surface area contributed by atoms with E-state index >= 15 is 0 Å². The van der Waals surface area contributed by atoms with E-state index < -0.39 is 17.7 Å². The predicted molar refractivity (Wildman–Crippen MR) is 133 cm³/mol. The molecule has 182 valence electrons. The molecule has 0 amide bonds. The lowest BCUT2D eigenvalue weighted by Gasteiger charge is -2.20. The monoisotopic (exact) mass is 488 g/mol. The molecule has 5 rings (SSSR count). The highest BCUT2D eigenvalue weighted by atomic mass is 19.2. The number of aryl methyl sites for hydroxylation is 1. The second-order valence-corrected chi connectivity index (χ2v) is 8.58. The first-order valence-corrected chi connectivity index (χ1v) is 11.2. The molecule has 0 aliphatic rings. The van der Waals surface area contributed by atoms with Crippen LogP contribution in [0.1, 0.15) is 29.7 Å². The Morgan fingerprint density at radius 1 is 1.00 bits per heavy atom. The van der Waals surface area contributed by atoms with Gasteiger partial charge < -0.3 is 19.9 Å². The van der Waals surface area contributed by atoms with Gasteiger partial charge in [-0.2, -0.15) is 0 Å². The van der Waals surface area contributed by atoms with Gasteiger partial charge in [-0.3, -0.25) is 4.79 Å². The average molecular weight is 488 g/mol. The molecule has 9 heteroatoms. The Kier molecular flexibility index (Phi) is 5.75. The molecule has 0 unspecified atom stereocenters. The van der Waals surface area contributed by atoms with Crippen LogP contribution in [-0.4, -0.2) is 10.2 Å². The molecule has 0 saturated carbocycles. The minimum atomic E-state index is -1.15. The van der Waals surface area contributed by atoms with E-state index in [-0.39, 0.29) is 28.6 Å². The molecule has 0 fully saturated rings. The Balaban J connectivity index is 1.66. The van der Waals surface area contributed by atoms with Crippen LogP contribution in [0.15, 0.2) is 68.2 Å². The van der Waals surface area contributed by atoms with Crippen LogP contribution < -0.4 is 16.5 Å². The number of nitrogens with two attached hydrogens (primary N) is 1. The summed E-state index contributed by atoms with van der Waals surface area (Å²) in [6.45, 7) is 5.43. The fourth-order valence-electron chi connectivity index (χ4n) is 4.28. The van der Waals surface area contributed by atoms with E-state index in [4.69, 9.17) is 14.6 Å². The third-order valence-corrected chi connectivity index (χ3v) is 6.02. The van der Waals surface area contributed by atoms with Crippen LogP contribution in [0.2, 0.25) is 0 Å². The zero-order chi connectivity index (χ0) is 25.6. The van der Waals surface area contributed by atoms with E-state index in [1.54, 1.807) is 13.0 Å². The molecule has 0 aliphatic carbocycles. The summed E-state index contributed by atoms with van der Waals surface area (Å²) in [5, 5.41) is 10.9. The zero-order valence-corrected chi connectivity index (χ0v) is 19.7. The van der Waals surface area contributed by atoms with Crippen molar-refractivity contribution in [2.24, 2.45) is 0 Å². The number of nitrogens with one attached hydrogen (secondary N) is 1. The summed E-state index contributed by atoms with van der Waals surface area (Å²) in [5.41, 5.74) is 8.52. The molecule has 2 aromatic heterocycles. The molecule has 1 atom stereocenters. The number of nitrogens with zero attached hydrogens (tertiary/aromatic N) is 2. The van der Waals surface area contributed by atoms with E-state index in [0.717, 1.165) is 17.2 Å². The molecule has 0 bridgehead atoms. The lowest BCUT2D eigenvalue weighted by Crippen LogP contribution is -2.13. The summed E-state index contributed by atoms with van der Waals surface area (Å²) in [7, 11) is 0. The summed E-state index contributed by atoms with van der Waals surface area (Å²) >= 11 is 0. The minimum Gasteiger partial charge on any atom is -0.455 e. The van der Waals surface area contributed by atoms with Crippen molar-refractivity contribution >= 4 is 22.7 Å². The van der Waals surface area contributed by atoms with E-state index in [1.807, 2.05) is 50.2 Å². The number of hydrogen-bond acceptors (Lipinski definition) is 7. The van der Waals surface area contributed by atoms with Crippen molar-refractivity contribution < 1.29 is 17.6 Å². The first-order valence-electron chi connectivity index (χ1n) is 11.2. The molecule has 7 nitrogen and oxygen atoms in total. The van der Waals surface area contributed by atoms with E-state index in [0.29, 0.717) is 27.9 Å². The van der Waals surface area contributed by atoms with Crippen LogP contribution in [0.4, 0.5) is 20.5 Å². The Labute approximate surface area is 204 Å². The first-order chi connectivity index (χ1) is 17.2. The van der Waals surface area contributed by atoms with Crippen molar-refractivity contribution in [2.45, 2.75) is 26.8 Å². The molecule has 0 saturated heterocycles. The van der Waals surface area contributed by atoms with Gasteiger partial charge in [-0.05, 0) is 44.5 Å². The SMILES string of the molecule is Cc1cc([C@@H](C)Nc2ccc(F)c(F)c2-c2nnc(N)o2)c2oc(-c3ccccc3)c(C)c(=O)c2c1. The number of hydrogen-bond donors (Lipinski definition) is 2. The molecule has 0 radical (unpaired) electrons. The van der Waals surface area contributed by atoms with Gasteiger partial charge in [0.25, 0.3) is 5.89 Å². The summed E-state index contributed by atoms with van der Waals surface area (Å²) in [6, 6.07) is 14.6. The first kappa shape index (κ1) is 23.2. The number of fused-ring (bicyclic) bond motifs is 1. The topological polar surface area (TPSA) is 107 Å². The maximum absolute atomic E-state index is 14.8. The highest BCUT2D eigenvalue weighted by Gasteiger charge is 2.24. The van der Waals surface area contributed by atoms with Gasteiger partial charge in [0.05, 0.1) is 17.1 Å². The zero-order valence-electron chi connectivity index (χ0n) is 19.7. The van der Waals surface area contributed by atoms with Gasteiger partial charge in [0, 0.05) is 16.7 Å². The minimum absolute atomic E-state index is 0.137. The second-order valence-electron chi connectivity index (χ2n) is 8.58. The molecule has 0 spiro atoms. The van der Waals surface area contributed by atoms with Crippen LogP contribution in [0.25, 0.3) is 33.7 Å². The van der Waals surface area contributed by atoms with E-state index in [9.17, 15) is 13.6 Å². The second kappa shape index (κ2) is 8.92. The van der Waals surface area contributed by atoms with Crippen molar-refractivity contribution in [1.29, 1.82) is 0 Å². The van der Waals surface area contributed by atoms with Gasteiger partial charge in [-0.1, -0.05) is 41.5 Å². The molecule has 5 aromatic rings. The summed E-state index contributed by atoms with van der Waals surface area (Å²) in [6.07, 6.45) is 0. The van der Waals surface area contributed by atoms with E-state index in [1.165, 1.54) is 6.07 Å². The van der Waals surface area contributed by atoms with E-state index in [2.05, 4.69) is 15.5 Å². The van der Waals surface area contributed by atoms with Gasteiger partial charge in [0.1, 0.15) is 16.9 Å². The summed E-state index contributed by atoms with van der Waals surface area (Å²) < 4.78 is 40.4. The van der Waals surface area contributed by atoms with Crippen LogP contribution in [0, 0.1) is 25.5 Å². The van der Waals surface area contributed by atoms with Crippen LogP contribution in [-0.2, 0) is 0 Å². The van der Waals surface area contributed by atoms with Gasteiger partial charge in [-0.25, -0.2) is 8.78 Å². The van der Waals surface area contributed by atoms with Crippen molar-refractivity contribution in [3.8, 4) is 22.8 Å². The van der Waals surface area contributed by atoms with Crippen LogP contribution in [0.5, 0.6) is 0 Å². The molecule has 0 aliphatic heterocycles. The van der Waals surface area contributed by atoms with Gasteiger partial charge in [0.15, 0.2) is 17.1 Å². The Morgan fingerprint density at radius 2 is 1.75 bits per heavy atom. The van der Waals surface area contributed by atoms with Gasteiger partial charge >= 0.3 is 6.01 Å². The largest absolute Gasteiger partial charge is 0.455 e. The summed E-state index contributed by atoms with van der Waals surface area (Å²) in [4.78, 5) is 13.3. The van der Waals surface area contributed by atoms with Crippen molar-refractivity contribution in [3.63, 3.8) is 0 Å². The molecule has 2 heterocycles. The van der Waals surface area contributed by atoms with Gasteiger partial charge in [0.2, 0.25) is 0 Å². The molecular weight excluding hydrogens is 466 g/mol. The third kappa shape index (κ3) is 3.98. The normalized spacial score (nSPS) is 12.1. The van der Waals surface area contributed by atoms with Crippen molar-refractivity contribution in [3.05, 3.63) is 93.1 Å². The Bertz CT molecular complexity index is 1660. The predicted octanol–water partition coefficient (Wildman–Crippen LogP) is 6.16. The highest BCUT2D eigenvalue weighted by molar-refractivity contribution is 5.85. The average Bonchev–Trinajstić information content (AvgIpc) is 3.29. The number of anilines is 2. The maximum Gasteiger partial charge on any atom is 0.313 e. The fraction of sp³-hybridized carbons (Fsp3) is 0.148. The molecule has 3 N–H and O–H groups in total.